The molecule has 1 N–H and O–H groups in total. The zero-order valence-electron chi connectivity index (χ0n) is 12.2. The van der Waals surface area contributed by atoms with E-state index in [0.29, 0.717) is 22.8 Å². The predicted octanol–water partition coefficient (Wildman–Crippen LogP) is 2.74. The Kier molecular flexibility index (Phi) is 3.97. The minimum absolute atomic E-state index is 0.161. The Morgan fingerprint density at radius 1 is 1.41 bits per heavy atom. The molecule has 0 aliphatic rings. The number of aromatic nitrogens is 3. The first-order valence-corrected chi connectivity index (χ1v) is 7.53. The second-order valence-electron chi connectivity index (χ2n) is 4.79. The summed E-state index contributed by atoms with van der Waals surface area (Å²) in [7, 11) is 0. The zero-order chi connectivity index (χ0) is 15.5. The molecule has 3 aromatic rings. The van der Waals surface area contributed by atoms with E-state index in [1.54, 1.807) is 18.5 Å². The van der Waals surface area contributed by atoms with Crippen LogP contribution < -0.4 is 5.32 Å². The maximum atomic E-state index is 12.3. The van der Waals surface area contributed by atoms with E-state index in [1.165, 1.54) is 11.3 Å². The van der Waals surface area contributed by atoms with Crippen molar-refractivity contribution in [3.05, 3.63) is 52.6 Å². The van der Waals surface area contributed by atoms with Crippen molar-refractivity contribution in [3.8, 4) is 10.6 Å². The van der Waals surface area contributed by atoms with Crippen molar-refractivity contribution in [1.29, 1.82) is 0 Å². The van der Waals surface area contributed by atoms with Crippen molar-refractivity contribution < 1.29 is 9.32 Å². The molecule has 0 unspecified atom stereocenters. The number of rotatable bonds is 4. The van der Waals surface area contributed by atoms with E-state index in [-0.39, 0.29) is 5.91 Å². The number of amides is 1. The van der Waals surface area contributed by atoms with Gasteiger partial charge < -0.3 is 9.84 Å². The van der Waals surface area contributed by atoms with E-state index < -0.39 is 0 Å². The summed E-state index contributed by atoms with van der Waals surface area (Å²) < 4.78 is 4.97. The number of aryl methyl sites for hydroxylation is 2. The SMILES string of the molecule is Cc1cc(CNC(=O)c2sc(-c3cccnc3)nc2C)no1. The number of nitrogens with zero attached hydrogens (tertiary/aromatic N) is 3. The third-order valence-corrected chi connectivity index (χ3v) is 4.22. The minimum atomic E-state index is -0.161. The van der Waals surface area contributed by atoms with Gasteiger partial charge >= 0.3 is 0 Å². The van der Waals surface area contributed by atoms with Crippen LogP contribution in [0.5, 0.6) is 0 Å². The van der Waals surface area contributed by atoms with E-state index >= 15 is 0 Å². The van der Waals surface area contributed by atoms with Crippen molar-refractivity contribution in [1.82, 2.24) is 20.4 Å². The Morgan fingerprint density at radius 2 is 2.27 bits per heavy atom. The Labute approximate surface area is 131 Å². The van der Waals surface area contributed by atoms with Gasteiger partial charge in [-0.3, -0.25) is 9.78 Å². The van der Waals surface area contributed by atoms with Gasteiger partial charge in [0.05, 0.1) is 12.2 Å². The van der Waals surface area contributed by atoms with Crippen molar-refractivity contribution in [2.75, 3.05) is 0 Å². The molecule has 0 aromatic carbocycles. The molecular weight excluding hydrogens is 300 g/mol. The van der Waals surface area contributed by atoms with Crippen LogP contribution in [0.15, 0.2) is 35.1 Å². The first kappa shape index (κ1) is 14.4. The van der Waals surface area contributed by atoms with E-state index in [2.05, 4.69) is 20.4 Å². The first-order chi connectivity index (χ1) is 10.6. The molecule has 3 heterocycles. The lowest BCUT2D eigenvalue weighted by Crippen LogP contribution is -2.22. The summed E-state index contributed by atoms with van der Waals surface area (Å²) in [6.07, 6.45) is 3.44. The van der Waals surface area contributed by atoms with Crippen LogP contribution in [-0.4, -0.2) is 21.0 Å². The molecular formula is C15H14N4O2S. The molecule has 0 saturated carbocycles. The molecule has 6 nitrogen and oxygen atoms in total. The van der Waals surface area contributed by atoms with Gasteiger partial charge in [-0.1, -0.05) is 5.16 Å². The summed E-state index contributed by atoms with van der Waals surface area (Å²) in [5, 5.41) is 7.46. The molecule has 3 rings (SSSR count). The summed E-state index contributed by atoms with van der Waals surface area (Å²) in [6.45, 7) is 3.97. The molecule has 7 heteroatoms. The highest BCUT2D eigenvalue weighted by molar-refractivity contribution is 7.17. The van der Waals surface area contributed by atoms with Crippen molar-refractivity contribution in [2.24, 2.45) is 0 Å². The number of hydrogen-bond donors (Lipinski definition) is 1. The second-order valence-corrected chi connectivity index (χ2v) is 5.79. The van der Waals surface area contributed by atoms with Crippen LogP contribution in [0.4, 0.5) is 0 Å². The first-order valence-electron chi connectivity index (χ1n) is 6.71. The average molecular weight is 314 g/mol. The van der Waals surface area contributed by atoms with Crippen molar-refractivity contribution >= 4 is 17.2 Å². The lowest BCUT2D eigenvalue weighted by atomic mass is 10.3. The quantitative estimate of drug-likeness (QED) is 0.801. The third-order valence-electron chi connectivity index (χ3n) is 3.02. The third kappa shape index (κ3) is 3.04. The number of nitrogens with one attached hydrogen (secondary N) is 1. The van der Waals surface area contributed by atoms with E-state index in [4.69, 9.17) is 4.52 Å². The fourth-order valence-corrected chi connectivity index (χ4v) is 2.94. The van der Waals surface area contributed by atoms with Crippen LogP contribution in [0.1, 0.15) is 26.8 Å². The zero-order valence-corrected chi connectivity index (χ0v) is 13.0. The molecule has 112 valence electrons. The van der Waals surface area contributed by atoms with E-state index in [1.807, 2.05) is 26.0 Å². The minimum Gasteiger partial charge on any atom is -0.361 e. The van der Waals surface area contributed by atoms with Gasteiger partial charge in [-0.25, -0.2) is 4.98 Å². The van der Waals surface area contributed by atoms with Crippen LogP contribution in [0.2, 0.25) is 0 Å². The number of thiazole rings is 1. The van der Waals surface area contributed by atoms with Gasteiger partial charge in [-0.2, -0.15) is 0 Å². The molecule has 0 atom stereocenters. The van der Waals surface area contributed by atoms with Crippen LogP contribution in [0.25, 0.3) is 10.6 Å². The summed E-state index contributed by atoms with van der Waals surface area (Å²) in [5.74, 6) is 0.558. The largest absolute Gasteiger partial charge is 0.361 e. The van der Waals surface area contributed by atoms with Crippen LogP contribution in [0.3, 0.4) is 0 Å². The highest BCUT2D eigenvalue weighted by Gasteiger charge is 2.16. The fourth-order valence-electron chi connectivity index (χ4n) is 1.97. The van der Waals surface area contributed by atoms with E-state index in [0.717, 1.165) is 16.3 Å². The van der Waals surface area contributed by atoms with Gasteiger partial charge in [0.25, 0.3) is 5.91 Å². The lowest BCUT2D eigenvalue weighted by molar-refractivity contribution is 0.0953. The van der Waals surface area contributed by atoms with Crippen molar-refractivity contribution in [2.45, 2.75) is 20.4 Å². The molecule has 0 fully saturated rings. The molecule has 0 saturated heterocycles. The van der Waals surface area contributed by atoms with Crippen molar-refractivity contribution in [3.63, 3.8) is 0 Å². The maximum absolute atomic E-state index is 12.3. The topological polar surface area (TPSA) is 80.9 Å². The predicted molar refractivity (Wildman–Crippen MR) is 82.5 cm³/mol. The standard InChI is InChI=1S/C15H14N4O2S/c1-9-6-12(19-21-9)8-17-14(20)13-10(2)18-15(22-13)11-4-3-5-16-7-11/h3-7H,8H2,1-2H3,(H,17,20). The number of carbonyl (C=O) groups is 1. The molecule has 22 heavy (non-hydrogen) atoms. The number of hydrogen-bond acceptors (Lipinski definition) is 6. The normalized spacial score (nSPS) is 10.6. The Bertz CT molecular complexity index is 795. The van der Waals surface area contributed by atoms with Gasteiger partial charge in [-0.15, -0.1) is 11.3 Å². The summed E-state index contributed by atoms with van der Waals surface area (Å²) >= 11 is 1.35. The van der Waals surface area contributed by atoms with Crippen LogP contribution in [-0.2, 0) is 6.54 Å². The molecule has 0 spiro atoms. The smallest absolute Gasteiger partial charge is 0.263 e. The van der Waals surface area contributed by atoms with Gasteiger partial charge in [0.1, 0.15) is 21.3 Å². The number of pyridine rings is 1. The lowest BCUT2D eigenvalue weighted by Gasteiger charge is -2.00. The maximum Gasteiger partial charge on any atom is 0.263 e. The fraction of sp³-hybridized carbons (Fsp3) is 0.200. The Hall–Kier alpha value is -2.54. The number of carbonyl (C=O) groups excluding carboxylic acids is 1. The second kappa shape index (κ2) is 6.07. The molecule has 0 bridgehead atoms. The molecule has 3 aromatic heterocycles. The van der Waals surface area contributed by atoms with Crippen LogP contribution >= 0.6 is 11.3 Å². The van der Waals surface area contributed by atoms with Gasteiger partial charge in [-0.05, 0) is 26.0 Å². The highest BCUT2D eigenvalue weighted by Crippen LogP contribution is 2.27. The Morgan fingerprint density at radius 3 is 2.95 bits per heavy atom. The average Bonchev–Trinajstić information content (AvgIpc) is 3.12. The van der Waals surface area contributed by atoms with Crippen LogP contribution in [0, 0.1) is 13.8 Å². The molecule has 1 amide bonds. The molecule has 0 radical (unpaired) electrons. The van der Waals surface area contributed by atoms with Gasteiger partial charge in [0.2, 0.25) is 0 Å². The highest BCUT2D eigenvalue weighted by atomic mass is 32.1. The van der Waals surface area contributed by atoms with Gasteiger partial charge in [0.15, 0.2) is 0 Å². The van der Waals surface area contributed by atoms with Gasteiger partial charge in [0, 0.05) is 24.0 Å². The summed E-state index contributed by atoms with van der Waals surface area (Å²) in [4.78, 5) is 21.4. The summed E-state index contributed by atoms with van der Waals surface area (Å²) in [5.41, 5.74) is 2.31. The Balaban J connectivity index is 1.74. The monoisotopic (exact) mass is 314 g/mol. The molecule has 0 aliphatic heterocycles. The summed E-state index contributed by atoms with van der Waals surface area (Å²) in [6, 6.07) is 5.56. The molecule has 0 aliphatic carbocycles. The van der Waals surface area contributed by atoms with E-state index in [9.17, 15) is 4.79 Å².